The Morgan fingerprint density at radius 1 is 1.56 bits per heavy atom. The Balaban J connectivity index is 1.99. The number of aryl methyl sites for hydroxylation is 1. The van der Waals surface area contributed by atoms with Crippen LogP contribution in [0.1, 0.15) is 43.1 Å². The van der Waals surface area contributed by atoms with Crippen molar-refractivity contribution in [2.45, 2.75) is 39.2 Å². The van der Waals surface area contributed by atoms with Gasteiger partial charge in [-0.05, 0) is 19.8 Å². The first-order chi connectivity index (χ1) is 8.74. The van der Waals surface area contributed by atoms with Gasteiger partial charge in [-0.1, -0.05) is 6.92 Å². The Morgan fingerprint density at radius 3 is 3.06 bits per heavy atom. The second-order valence-electron chi connectivity index (χ2n) is 4.43. The number of ether oxygens (including phenoxy) is 1. The summed E-state index contributed by atoms with van der Waals surface area (Å²) < 4.78 is 5.58. The van der Waals surface area contributed by atoms with Crippen LogP contribution in [-0.2, 0) is 11.2 Å². The van der Waals surface area contributed by atoms with E-state index in [1.807, 2.05) is 13.8 Å². The standard InChI is InChI=1S/C12H20N4O2/c1-3-10-13-11(15-14-10)12(17)16-7-5-6-9(8-16)18-4-2/h9H,3-8H2,1-2H3,(H,13,14,15). The van der Waals surface area contributed by atoms with Crippen molar-refractivity contribution in [1.29, 1.82) is 0 Å². The van der Waals surface area contributed by atoms with Crippen molar-refractivity contribution in [3.8, 4) is 0 Å². The highest BCUT2D eigenvalue weighted by atomic mass is 16.5. The normalized spacial score (nSPS) is 20.1. The Morgan fingerprint density at radius 2 is 2.39 bits per heavy atom. The van der Waals surface area contributed by atoms with Crippen molar-refractivity contribution >= 4 is 5.91 Å². The van der Waals surface area contributed by atoms with Crippen LogP contribution in [0.25, 0.3) is 0 Å². The fourth-order valence-electron chi connectivity index (χ4n) is 2.18. The van der Waals surface area contributed by atoms with Crippen LogP contribution >= 0.6 is 0 Å². The first-order valence-corrected chi connectivity index (χ1v) is 6.56. The van der Waals surface area contributed by atoms with Gasteiger partial charge < -0.3 is 9.64 Å². The third-order valence-corrected chi connectivity index (χ3v) is 3.13. The maximum absolute atomic E-state index is 12.2. The number of amides is 1. The molecule has 1 saturated heterocycles. The predicted octanol–water partition coefficient (Wildman–Crippen LogP) is 1.01. The third-order valence-electron chi connectivity index (χ3n) is 3.13. The van der Waals surface area contributed by atoms with Gasteiger partial charge in [0.2, 0.25) is 5.82 Å². The lowest BCUT2D eigenvalue weighted by atomic mass is 10.1. The van der Waals surface area contributed by atoms with Gasteiger partial charge in [0.25, 0.3) is 5.91 Å². The number of piperidine rings is 1. The molecule has 0 bridgehead atoms. The van der Waals surface area contributed by atoms with E-state index in [4.69, 9.17) is 4.74 Å². The Hall–Kier alpha value is -1.43. The molecule has 2 heterocycles. The van der Waals surface area contributed by atoms with Crippen LogP contribution in [-0.4, -0.2) is 51.8 Å². The van der Waals surface area contributed by atoms with Crippen molar-refractivity contribution in [2.75, 3.05) is 19.7 Å². The number of carbonyl (C=O) groups is 1. The van der Waals surface area contributed by atoms with Crippen molar-refractivity contribution in [3.05, 3.63) is 11.6 Å². The molecule has 0 aromatic carbocycles. The molecule has 6 nitrogen and oxygen atoms in total. The number of rotatable bonds is 4. The average Bonchev–Trinajstić information content (AvgIpc) is 2.87. The van der Waals surface area contributed by atoms with Crippen LogP contribution in [0.15, 0.2) is 0 Å². The summed E-state index contributed by atoms with van der Waals surface area (Å²) in [6.07, 6.45) is 2.90. The first-order valence-electron chi connectivity index (χ1n) is 6.56. The largest absolute Gasteiger partial charge is 0.377 e. The Kier molecular flexibility index (Phi) is 4.30. The highest BCUT2D eigenvalue weighted by Crippen LogP contribution is 2.14. The molecule has 6 heteroatoms. The van der Waals surface area contributed by atoms with Gasteiger partial charge in [0.05, 0.1) is 6.10 Å². The number of hydrogen-bond acceptors (Lipinski definition) is 4. The Bertz CT molecular complexity index is 403. The summed E-state index contributed by atoms with van der Waals surface area (Å²) >= 11 is 0. The molecular weight excluding hydrogens is 232 g/mol. The molecule has 1 N–H and O–H groups in total. The number of aromatic amines is 1. The maximum atomic E-state index is 12.2. The summed E-state index contributed by atoms with van der Waals surface area (Å²) in [5.41, 5.74) is 0. The summed E-state index contributed by atoms with van der Waals surface area (Å²) in [4.78, 5) is 18.2. The van der Waals surface area contributed by atoms with E-state index in [0.29, 0.717) is 13.2 Å². The zero-order valence-electron chi connectivity index (χ0n) is 11.0. The summed E-state index contributed by atoms with van der Waals surface area (Å²) in [5, 5.41) is 6.74. The van der Waals surface area contributed by atoms with Crippen molar-refractivity contribution in [1.82, 2.24) is 20.1 Å². The molecule has 1 amide bonds. The van der Waals surface area contributed by atoms with E-state index in [2.05, 4.69) is 15.2 Å². The van der Waals surface area contributed by atoms with Gasteiger partial charge in [-0.2, -0.15) is 0 Å². The molecule has 1 unspecified atom stereocenters. The molecule has 0 spiro atoms. The van der Waals surface area contributed by atoms with E-state index in [-0.39, 0.29) is 17.8 Å². The summed E-state index contributed by atoms with van der Waals surface area (Å²) in [7, 11) is 0. The monoisotopic (exact) mass is 252 g/mol. The van der Waals surface area contributed by atoms with Crippen LogP contribution in [0.2, 0.25) is 0 Å². The van der Waals surface area contributed by atoms with Crippen molar-refractivity contribution in [2.24, 2.45) is 0 Å². The van der Waals surface area contributed by atoms with Crippen LogP contribution < -0.4 is 0 Å². The van der Waals surface area contributed by atoms with Crippen molar-refractivity contribution in [3.63, 3.8) is 0 Å². The molecule has 1 atom stereocenters. The van der Waals surface area contributed by atoms with E-state index in [0.717, 1.165) is 31.6 Å². The molecule has 100 valence electrons. The number of likely N-dealkylation sites (tertiary alicyclic amines) is 1. The molecule has 1 aromatic rings. The van der Waals surface area contributed by atoms with Gasteiger partial charge in [-0.25, -0.2) is 4.98 Å². The van der Waals surface area contributed by atoms with Crippen LogP contribution in [0, 0.1) is 0 Å². The zero-order valence-corrected chi connectivity index (χ0v) is 11.0. The highest BCUT2D eigenvalue weighted by molar-refractivity contribution is 5.90. The molecule has 0 saturated carbocycles. The molecule has 2 rings (SSSR count). The summed E-state index contributed by atoms with van der Waals surface area (Å²) in [6.45, 7) is 6.04. The summed E-state index contributed by atoms with van der Waals surface area (Å²) in [6, 6.07) is 0. The third kappa shape index (κ3) is 2.87. The molecule has 18 heavy (non-hydrogen) atoms. The van der Waals surface area contributed by atoms with Crippen molar-refractivity contribution < 1.29 is 9.53 Å². The van der Waals surface area contributed by atoms with Gasteiger partial charge in [0.1, 0.15) is 5.82 Å². The fourth-order valence-corrected chi connectivity index (χ4v) is 2.18. The van der Waals surface area contributed by atoms with Crippen LogP contribution in [0.4, 0.5) is 0 Å². The lowest BCUT2D eigenvalue weighted by Gasteiger charge is -2.31. The van der Waals surface area contributed by atoms with Gasteiger partial charge in [0, 0.05) is 26.1 Å². The Labute approximate surface area is 107 Å². The lowest BCUT2D eigenvalue weighted by Crippen LogP contribution is -2.43. The molecule has 0 aliphatic carbocycles. The fraction of sp³-hybridized carbons (Fsp3) is 0.750. The van der Waals surface area contributed by atoms with E-state index in [1.54, 1.807) is 4.90 Å². The maximum Gasteiger partial charge on any atom is 0.293 e. The van der Waals surface area contributed by atoms with Crippen LogP contribution in [0.3, 0.4) is 0 Å². The van der Waals surface area contributed by atoms with E-state index in [9.17, 15) is 4.79 Å². The molecule has 0 radical (unpaired) electrons. The lowest BCUT2D eigenvalue weighted by molar-refractivity contribution is 0.00682. The molecule has 1 aliphatic rings. The SMILES string of the molecule is CCOC1CCCN(C(=O)c2n[nH]c(CC)n2)C1. The number of H-pyrrole nitrogens is 1. The highest BCUT2D eigenvalue weighted by Gasteiger charge is 2.26. The quantitative estimate of drug-likeness (QED) is 0.868. The number of nitrogens with one attached hydrogen (secondary N) is 1. The zero-order chi connectivity index (χ0) is 13.0. The second kappa shape index (κ2) is 5.95. The van der Waals surface area contributed by atoms with Gasteiger partial charge >= 0.3 is 0 Å². The predicted molar refractivity (Wildman–Crippen MR) is 66.3 cm³/mol. The minimum Gasteiger partial charge on any atom is -0.377 e. The number of aromatic nitrogens is 3. The van der Waals surface area contributed by atoms with E-state index >= 15 is 0 Å². The molecule has 1 aromatic heterocycles. The van der Waals surface area contributed by atoms with Crippen LogP contribution in [0.5, 0.6) is 0 Å². The number of nitrogens with zero attached hydrogens (tertiary/aromatic N) is 3. The van der Waals surface area contributed by atoms with Gasteiger partial charge in [-0.15, -0.1) is 5.10 Å². The van der Waals surface area contributed by atoms with E-state index < -0.39 is 0 Å². The first kappa shape index (κ1) is 13.0. The average molecular weight is 252 g/mol. The van der Waals surface area contributed by atoms with Gasteiger partial charge in [-0.3, -0.25) is 9.89 Å². The molecule has 1 fully saturated rings. The smallest absolute Gasteiger partial charge is 0.293 e. The summed E-state index contributed by atoms with van der Waals surface area (Å²) in [5.74, 6) is 0.913. The minimum absolute atomic E-state index is 0.102. The topological polar surface area (TPSA) is 71.1 Å². The molecule has 1 aliphatic heterocycles. The molecular formula is C12H20N4O2. The second-order valence-corrected chi connectivity index (χ2v) is 4.43. The number of carbonyl (C=O) groups excluding carboxylic acids is 1. The van der Waals surface area contributed by atoms with Gasteiger partial charge in [0.15, 0.2) is 0 Å². The van der Waals surface area contributed by atoms with E-state index in [1.165, 1.54) is 0 Å². The number of hydrogen-bond donors (Lipinski definition) is 1. The minimum atomic E-state index is -0.102.